The molecule has 1 aliphatic heterocycles. The van der Waals surface area contributed by atoms with Gasteiger partial charge in [0.15, 0.2) is 0 Å². The van der Waals surface area contributed by atoms with E-state index in [9.17, 15) is 4.79 Å². The van der Waals surface area contributed by atoms with E-state index in [1.54, 1.807) is 20.8 Å². The zero-order valence-electron chi connectivity index (χ0n) is 10.4. The van der Waals surface area contributed by atoms with Crippen molar-refractivity contribution in [2.45, 2.75) is 46.6 Å². The van der Waals surface area contributed by atoms with Gasteiger partial charge < -0.3 is 9.68 Å². The summed E-state index contributed by atoms with van der Waals surface area (Å²) in [6.45, 7) is 9.18. The number of oxime groups is 2. The Morgan fingerprint density at radius 3 is 2.62 bits per heavy atom. The summed E-state index contributed by atoms with van der Waals surface area (Å²) in [5, 5.41) is 7.52. The molecular weight excluding hydrogens is 208 g/mol. The Morgan fingerprint density at radius 2 is 2.19 bits per heavy atom. The number of hydrogen-bond acceptors (Lipinski definition) is 5. The third-order valence-electron chi connectivity index (χ3n) is 2.29. The van der Waals surface area contributed by atoms with Crippen LogP contribution in [0.25, 0.3) is 0 Å². The minimum atomic E-state index is -1.03. The molecule has 0 N–H and O–H groups in total. The van der Waals surface area contributed by atoms with Crippen LogP contribution in [-0.2, 0) is 14.5 Å². The molecule has 5 heteroatoms. The zero-order valence-corrected chi connectivity index (χ0v) is 10.4. The van der Waals surface area contributed by atoms with Gasteiger partial charge >= 0.3 is 5.97 Å². The van der Waals surface area contributed by atoms with E-state index in [2.05, 4.69) is 10.3 Å². The fourth-order valence-corrected chi connectivity index (χ4v) is 1.22. The smallest absolute Gasteiger partial charge is 0.377 e. The minimum absolute atomic E-state index is 0.269. The van der Waals surface area contributed by atoms with Crippen LogP contribution < -0.4 is 0 Å². The molecule has 0 amide bonds. The van der Waals surface area contributed by atoms with E-state index < -0.39 is 11.6 Å². The van der Waals surface area contributed by atoms with Crippen LogP contribution in [0.4, 0.5) is 0 Å². The van der Waals surface area contributed by atoms with Crippen molar-refractivity contribution < 1.29 is 14.5 Å². The Hall–Kier alpha value is -1.39. The van der Waals surface area contributed by atoms with Crippen LogP contribution in [0.1, 0.15) is 41.0 Å². The molecular formula is C11H18N2O3. The summed E-state index contributed by atoms with van der Waals surface area (Å²) in [7, 11) is 0. The first-order chi connectivity index (χ1) is 7.35. The van der Waals surface area contributed by atoms with Gasteiger partial charge in [0, 0.05) is 6.42 Å². The third kappa shape index (κ3) is 2.81. The molecule has 0 aromatic rings. The molecule has 1 atom stereocenters. The topological polar surface area (TPSA) is 60.2 Å². The molecule has 1 rings (SSSR count). The number of carbonyl (C=O) groups is 1. The number of carbonyl (C=O) groups excluding carboxylic acids is 1. The summed E-state index contributed by atoms with van der Waals surface area (Å²) in [6, 6.07) is 0. The highest BCUT2D eigenvalue weighted by atomic mass is 16.7. The molecule has 1 unspecified atom stereocenters. The van der Waals surface area contributed by atoms with E-state index in [0.717, 1.165) is 5.71 Å². The van der Waals surface area contributed by atoms with Crippen molar-refractivity contribution >= 4 is 17.4 Å². The van der Waals surface area contributed by atoms with Crippen molar-refractivity contribution in [3.63, 3.8) is 0 Å². The quantitative estimate of drug-likeness (QED) is 0.420. The van der Waals surface area contributed by atoms with Crippen LogP contribution in [0.15, 0.2) is 10.3 Å². The third-order valence-corrected chi connectivity index (χ3v) is 2.29. The van der Waals surface area contributed by atoms with E-state index in [-0.39, 0.29) is 5.92 Å². The van der Waals surface area contributed by atoms with Gasteiger partial charge in [0.25, 0.3) is 0 Å². The van der Waals surface area contributed by atoms with E-state index in [0.29, 0.717) is 12.1 Å². The second-order valence-corrected chi connectivity index (χ2v) is 4.65. The van der Waals surface area contributed by atoms with Gasteiger partial charge in [-0.1, -0.05) is 24.2 Å². The highest BCUT2D eigenvalue weighted by molar-refractivity contribution is 5.94. The largest absolute Gasteiger partial charge is 0.381 e. The maximum Gasteiger partial charge on any atom is 0.381 e. The molecule has 0 spiro atoms. The van der Waals surface area contributed by atoms with E-state index in [4.69, 9.17) is 9.68 Å². The Balaban J connectivity index is 2.62. The minimum Gasteiger partial charge on any atom is -0.377 e. The second kappa shape index (κ2) is 4.63. The number of nitrogens with zero attached hydrogens (tertiary/aromatic N) is 2. The molecule has 5 nitrogen and oxygen atoms in total. The average Bonchev–Trinajstić information content (AvgIpc) is 2.58. The average molecular weight is 226 g/mol. The van der Waals surface area contributed by atoms with Crippen LogP contribution in [0.3, 0.4) is 0 Å². The van der Waals surface area contributed by atoms with Crippen LogP contribution in [0.2, 0.25) is 0 Å². The number of rotatable bonds is 3. The van der Waals surface area contributed by atoms with Crippen molar-refractivity contribution in [2.24, 2.45) is 16.2 Å². The maximum absolute atomic E-state index is 11.7. The molecule has 1 heterocycles. The van der Waals surface area contributed by atoms with Crippen molar-refractivity contribution in [3.8, 4) is 0 Å². The van der Waals surface area contributed by atoms with Crippen LogP contribution in [0, 0.1) is 5.92 Å². The fourth-order valence-electron chi connectivity index (χ4n) is 1.22. The van der Waals surface area contributed by atoms with Gasteiger partial charge in [-0.3, -0.25) is 0 Å². The van der Waals surface area contributed by atoms with Gasteiger partial charge in [0.2, 0.25) is 5.60 Å². The van der Waals surface area contributed by atoms with Gasteiger partial charge in [-0.15, -0.1) is 0 Å². The Bertz CT molecular complexity index is 343. The summed E-state index contributed by atoms with van der Waals surface area (Å²) in [5.41, 5.74) is 0.523. The molecule has 0 bridgehead atoms. The number of hydrogen-bond donors (Lipinski definition) is 0. The zero-order chi connectivity index (χ0) is 12.3. The predicted molar refractivity (Wildman–Crippen MR) is 61.3 cm³/mol. The standard InChI is InChI=1S/C11H18N2O3/c1-7(2)9-6-11(5,16-13-9)10(14)15-12-8(3)4/h7H,6H2,1-5H3. The van der Waals surface area contributed by atoms with Crippen molar-refractivity contribution in [1.29, 1.82) is 0 Å². The molecule has 0 aromatic carbocycles. The van der Waals surface area contributed by atoms with Crippen molar-refractivity contribution in [3.05, 3.63) is 0 Å². The second-order valence-electron chi connectivity index (χ2n) is 4.65. The maximum atomic E-state index is 11.7. The van der Waals surface area contributed by atoms with Crippen molar-refractivity contribution in [1.82, 2.24) is 0 Å². The van der Waals surface area contributed by atoms with E-state index >= 15 is 0 Å². The summed E-state index contributed by atoms with van der Waals surface area (Å²) >= 11 is 0. The molecule has 0 saturated carbocycles. The SMILES string of the molecule is CC(C)=NOC(=O)C1(C)CC(C(C)C)=NO1. The molecule has 90 valence electrons. The lowest BCUT2D eigenvalue weighted by atomic mass is 9.94. The van der Waals surface area contributed by atoms with E-state index in [1.165, 1.54) is 0 Å². The van der Waals surface area contributed by atoms with Crippen molar-refractivity contribution in [2.75, 3.05) is 0 Å². The lowest BCUT2D eigenvalue weighted by Crippen LogP contribution is -2.36. The molecule has 1 aliphatic rings. The van der Waals surface area contributed by atoms with Gasteiger partial charge in [-0.25, -0.2) is 4.79 Å². The first-order valence-electron chi connectivity index (χ1n) is 5.33. The Labute approximate surface area is 95.5 Å². The Kier molecular flexibility index (Phi) is 3.67. The highest BCUT2D eigenvalue weighted by Gasteiger charge is 2.44. The fraction of sp³-hybridized carbons (Fsp3) is 0.727. The molecule has 0 fully saturated rings. The lowest BCUT2D eigenvalue weighted by Gasteiger charge is -2.17. The van der Waals surface area contributed by atoms with Gasteiger partial charge in [-0.05, 0) is 26.7 Å². The monoisotopic (exact) mass is 226 g/mol. The first-order valence-corrected chi connectivity index (χ1v) is 5.33. The summed E-state index contributed by atoms with van der Waals surface area (Å²) in [5.74, 6) is -0.237. The Morgan fingerprint density at radius 1 is 1.56 bits per heavy atom. The summed E-state index contributed by atoms with van der Waals surface area (Å²) < 4.78 is 0. The predicted octanol–water partition coefficient (Wildman–Crippen LogP) is 2.12. The molecule has 0 aromatic heterocycles. The lowest BCUT2D eigenvalue weighted by molar-refractivity contribution is -0.167. The summed E-state index contributed by atoms with van der Waals surface area (Å²) in [4.78, 5) is 21.6. The van der Waals surface area contributed by atoms with Gasteiger partial charge in [0.05, 0.1) is 11.4 Å². The first kappa shape index (κ1) is 12.7. The van der Waals surface area contributed by atoms with Gasteiger partial charge in [-0.2, -0.15) is 0 Å². The van der Waals surface area contributed by atoms with Crippen LogP contribution in [0.5, 0.6) is 0 Å². The van der Waals surface area contributed by atoms with Crippen LogP contribution in [-0.4, -0.2) is 23.0 Å². The van der Waals surface area contributed by atoms with E-state index in [1.807, 2.05) is 13.8 Å². The highest BCUT2D eigenvalue weighted by Crippen LogP contribution is 2.27. The van der Waals surface area contributed by atoms with Gasteiger partial charge in [0.1, 0.15) is 0 Å². The summed E-state index contributed by atoms with van der Waals surface area (Å²) in [6.07, 6.45) is 0.460. The van der Waals surface area contributed by atoms with Crippen LogP contribution >= 0.6 is 0 Å². The molecule has 16 heavy (non-hydrogen) atoms. The molecule has 0 saturated heterocycles. The molecule has 0 aliphatic carbocycles. The molecule has 0 radical (unpaired) electrons. The normalized spacial score (nSPS) is 23.8.